The van der Waals surface area contributed by atoms with Crippen molar-refractivity contribution in [3.05, 3.63) is 0 Å². The number of hydrogen-bond acceptors (Lipinski definition) is 0. The van der Waals surface area contributed by atoms with E-state index in [-0.39, 0.29) is 0 Å². The summed E-state index contributed by atoms with van der Waals surface area (Å²) in [4.78, 5) is 0. The Labute approximate surface area is 204 Å². The molecule has 0 aliphatic heterocycles. The average molecular weight is 749 g/mol. The van der Waals surface area contributed by atoms with E-state index in [1.807, 2.05) is 0 Å². The van der Waals surface area contributed by atoms with Crippen LogP contribution >= 0.6 is 0 Å². The van der Waals surface area contributed by atoms with E-state index in [1.165, 1.54) is 0 Å². The van der Waals surface area contributed by atoms with Gasteiger partial charge >= 0.3 is 204 Å². The standard InChI is InChI=1S/C12F28Ge/c13-1(14,5(21,22)23)9(33,34)41(10(35,36)2(15,16)6(24,25)26,11(37,38)3(17,18)7(27,28)29)12(39,40)4(19,20)8(30,31)32. The minimum atomic E-state index is -14.8. The molecule has 0 rings (SSSR count). The van der Waals surface area contributed by atoms with Crippen LogP contribution in [0.4, 0.5) is 123 Å². The maximum atomic E-state index is 14.3. The van der Waals surface area contributed by atoms with E-state index < -0.39 is 80.7 Å². The van der Waals surface area contributed by atoms with Crippen LogP contribution in [0.1, 0.15) is 0 Å². The molecule has 0 aromatic heterocycles. The number of alkyl halides is 28. The summed E-state index contributed by atoms with van der Waals surface area (Å²) < 4.78 is 329. The maximum absolute atomic E-state index is 14.8. The first kappa shape index (κ1) is 39.6. The van der Waals surface area contributed by atoms with Gasteiger partial charge in [0.15, 0.2) is 0 Å². The molecular formula is C12F28Ge. The second-order valence-electron chi connectivity index (χ2n) is 7.34. The third kappa shape index (κ3) is 4.55. The Balaban J connectivity index is 9.50. The van der Waals surface area contributed by atoms with Crippen LogP contribution in [0.25, 0.3) is 0 Å². The Morgan fingerprint density at radius 1 is 0.195 bits per heavy atom. The third-order valence-electron chi connectivity index (χ3n) is 4.89. The molecule has 0 heterocycles. The Hall–Kier alpha value is -1.42. The van der Waals surface area contributed by atoms with Crippen molar-refractivity contribution in [2.45, 2.75) is 67.4 Å². The van der Waals surface area contributed by atoms with E-state index in [0.717, 1.165) is 0 Å². The molecule has 0 saturated carbocycles. The Kier molecular flexibility index (Phi) is 8.97. The van der Waals surface area contributed by atoms with Gasteiger partial charge in [0.25, 0.3) is 0 Å². The van der Waals surface area contributed by atoms with E-state index in [9.17, 15) is 123 Å². The van der Waals surface area contributed by atoms with Crippen molar-refractivity contribution in [1.29, 1.82) is 0 Å². The fourth-order valence-electron chi connectivity index (χ4n) is 2.84. The summed E-state index contributed by atoms with van der Waals surface area (Å²) in [6, 6.07) is 0. The molecule has 0 bridgehead atoms. The SMILES string of the molecule is FC(F)(F)C(F)(F)[C](F)(F)[Ge]([C](F)(F)C(F)(F)C(F)(F)F)([C](F)(F)C(F)(F)C(F)(F)F)[C](F)(F)C(F)(F)C(F)(F)F. The molecule has 0 aromatic rings. The predicted molar refractivity (Wildman–Crippen MR) is 69.5 cm³/mol. The van der Waals surface area contributed by atoms with Gasteiger partial charge in [-0.2, -0.15) is 0 Å². The zero-order chi connectivity index (χ0) is 34.5. The van der Waals surface area contributed by atoms with E-state index in [2.05, 4.69) is 0 Å². The van der Waals surface area contributed by atoms with Crippen LogP contribution in [-0.2, 0) is 0 Å². The predicted octanol–water partition coefficient (Wildman–Crippen LogP) is 8.92. The van der Waals surface area contributed by atoms with Crippen LogP contribution < -0.4 is 0 Å². The van der Waals surface area contributed by atoms with Crippen molar-refractivity contribution < 1.29 is 123 Å². The molecular weight excluding hydrogens is 749 g/mol. The van der Waals surface area contributed by atoms with Gasteiger partial charge in [-0.05, 0) is 0 Å². The van der Waals surface area contributed by atoms with Gasteiger partial charge in [-0.1, -0.05) is 0 Å². The third-order valence-corrected chi connectivity index (χ3v) is 15.4. The summed E-state index contributed by atoms with van der Waals surface area (Å²) in [6.07, 6.45) is -36.0. The van der Waals surface area contributed by atoms with Crippen LogP contribution in [0.5, 0.6) is 0 Å². The van der Waals surface area contributed by atoms with Crippen molar-refractivity contribution in [2.24, 2.45) is 0 Å². The molecule has 0 saturated heterocycles. The molecule has 0 spiro atoms. The molecule has 41 heavy (non-hydrogen) atoms. The summed E-state index contributed by atoms with van der Waals surface area (Å²) in [6.45, 7) is 0. The Bertz CT molecular complexity index is 793. The minimum absolute atomic E-state index is 9.01. The van der Waals surface area contributed by atoms with Crippen LogP contribution in [-0.4, -0.2) is 80.7 Å². The topological polar surface area (TPSA) is 0 Å². The average Bonchev–Trinajstić information content (AvgIpc) is 2.63. The molecule has 0 fully saturated rings. The van der Waals surface area contributed by atoms with Gasteiger partial charge < -0.3 is 0 Å². The Morgan fingerprint density at radius 3 is 0.366 bits per heavy atom. The van der Waals surface area contributed by atoms with Crippen LogP contribution in [0.2, 0.25) is 0 Å². The quantitative estimate of drug-likeness (QED) is 0.172. The van der Waals surface area contributed by atoms with Gasteiger partial charge in [0.2, 0.25) is 0 Å². The summed E-state index contributed by atoms with van der Waals surface area (Å²) in [5.74, 6) is -39.1. The number of halogens is 28. The molecule has 0 radical (unpaired) electrons. The first-order chi connectivity index (χ1) is 17.0. The molecule has 29 heteroatoms. The normalized spacial score (nSPS) is 17.3. The molecule has 0 atom stereocenters. The molecule has 0 nitrogen and oxygen atoms in total. The first-order valence-electron chi connectivity index (χ1n) is 8.29. The van der Waals surface area contributed by atoms with E-state index >= 15 is 0 Å². The van der Waals surface area contributed by atoms with Gasteiger partial charge in [0, 0.05) is 0 Å². The molecule has 0 aromatic carbocycles. The second kappa shape index (κ2) is 9.29. The fraction of sp³-hybridized carbons (Fsp3) is 1.00. The first-order valence-corrected chi connectivity index (χ1v) is 12.5. The fourth-order valence-corrected chi connectivity index (χ4v) is 12.9. The van der Waals surface area contributed by atoms with E-state index in [0.29, 0.717) is 0 Å². The van der Waals surface area contributed by atoms with E-state index in [1.54, 1.807) is 0 Å². The van der Waals surface area contributed by atoms with Gasteiger partial charge in [-0.3, -0.25) is 0 Å². The van der Waals surface area contributed by atoms with Crippen molar-refractivity contribution in [3.63, 3.8) is 0 Å². The van der Waals surface area contributed by atoms with Crippen molar-refractivity contribution in [2.75, 3.05) is 0 Å². The molecule has 0 aliphatic carbocycles. The zero-order valence-electron chi connectivity index (χ0n) is 17.1. The van der Waals surface area contributed by atoms with Crippen LogP contribution in [0, 0.1) is 0 Å². The molecule has 248 valence electrons. The van der Waals surface area contributed by atoms with Gasteiger partial charge in [0.05, 0.1) is 0 Å². The summed E-state index contributed by atoms with van der Waals surface area (Å²) >= 11 is -14.8. The van der Waals surface area contributed by atoms with Crippen LogP contribution in [0.3, 0.4) is 0 Å². The van der Waals surface area contributed by atoms with Gasteiger partial charge in [0.1, 0.15) is 0 Å². The number of rotatable bonds is 8. The number of hydrogen-bond donors (Lipinski definition) is 0. The monoisotopic (exact) mass is 750 g/mol. The molecule has 0 N–H and O–H groups in total. The molecule has 0 unspecified atom stereocenters. The summed E-state index contributed by atoms with van der Waals surface area (Å²) in [5.41, 5.74) is 0. The van der Waals surface area contributed by atoms with Crippen LogP contribution in [0.15, 0.2) is 0 Å². The zero-order valence-corrected chi connectivity index (χ0v) is 19.2. The summed E-state index contributed by atoms with van der Waals surface area (Å²) in [7, 11) is 0. The van der Waals surface area contributed by atoms with E-state index in [4.69, 9.17) is 0 Å². The second-order valence-corrected chi connectivity index (χ2v) is 15.8. The van der Waals surface area contributed by atoms with Crippen molar-refractivity contribution in [3.8, 4) is 0 Å². The van der Waals surface area contributed by atoms with Crippen molar-refractivity contribution >= 4 is 13.3 Å². The molecule has 0 aliphatic rings. The van der Waals surface area contributed by atoms with Crippen molar-refractivity contribution in [1.82, 2.24) is 0 Å². The Morgan fingerprint density at radius 2 is 0.293 bits per heavy atom. The van der Waals surface area contributed by atoms with Gasteiger partial charge in [-0.15, -0.1) is 0 Å². The van der Waals surface area contributed by atoms with Gasteiger partial charge in [-0.25, -0.2) is 0 Å². The molecule has 0 amide bonds. The summed E-state index contributed by atoms with van der Waals surface area (Å²) in [5, 5.41) is 0.